The van der Waals surface area contributed by atoms with Gasteiger partial charge in [-0.25, -0.2) is 5.43 Å². The summed E-state index contributed by atoms with van der Waals surface area (Å²) in [6.45, 7) is 0.323. The third-order valence-electron chi connectivity index (χ3n) is 4.54. The molecule has 3 rings (SSSR count). The molecule has 156 valence electrons. The molecule has 31 heavy (non-hydrogen) atoms. The van der Waals surface area contributed by atoms with Crippen LogP contribution in [0.4, 0.5) is 0 Å². The van der Waals surface area contributed by atoms with Gasteiger partial charge in [0.2, 0.25) is 5.91 Å². The number of hydrazone groups is 1. The zero-order chi connectivity index (χ0) is 22.2. The zero-order valence-electron chi connectivity index (χ0n) is 16.4. The first-order valence-corrected chi connectivity index (χ1v) is 9.83. The van der Waals surface area contributed by atoms with Gasteiger partial charge < -0.3 is 10.4 Å². The largest absolute Gasteiger partial charge is 0.506 e. The monoisotopic (exact) mass is 434 g/mol. The standard InChI is InChI=1S/C23H19ClN4O3/c24-20-12-16(8-9-21(20)29)23(31)28-27-14-17-7-6-15(13-22(30)26-11-3-10-25)18-4-1-2-5-19(17)18/h1-2,4-9,12,14,29H,3,11,13H2,(H,26,30)(H,28,31)/b27-14+. The minimum atomic E-state index is -0.465. The summed E-state index contributed by atoms with van der Waals surface area (Å²) in [6, 6.07) is 17.4. The fourth-order valence-corrected chi connectivity index (χ4v) is 3.20. The maximum absolute atomic E-state index is 12.2. The van der Waals surface area contributed by atoms with Crippen molar-refractivity contribution in [2.24, 2.45) is 5.10 Å². The second-order valence-electron chi connectivity index (χ2n) is 6.66. The Balaban J connectivity index is 1.75. The molecule has 3 aromatic carbocycles. The van der Waals surface area contributed by atoms with E-state index in [0.29, 0.717) is 6.54 Å². The topological polar surface area (TPSA) is 115 Å². The summed E-state index contributed by atoms with van der Waals surface area (Å²) in [7, 11) is 0. The number of hydrogen-bond acceptors (Lipinski definition) is 5. The first-order chi connectivity index (χ1) is 15.0. The first kappa shape index (κ1) is 21.8. The highest BCUT2D eigenvalue weighted by molar-refractivity contribution is 6.32. The van der Waals surface area contributed by atoms with Gasteiger partial charge >= 0.3 is 0 Å². The molecule has 8 heteroatoms. The maximum Gasteiger partial charge on any atom is 0.271 e. The van der Waals surface area contributed by atoms with Crippen LogP contribution in [-0.4, -0.2) is 29.7 Å². The van der Waals surface area contributed by atoms with Gasteiger partial charge in [-0.15, -0.1) is 0 Å². The van der Waals surface area contributed by atoms with E-state index in [-0.39, 0.29) is 35.1 Å². The Morgan fingerprint density at radius 3 is 2.65 bits per heavy atom. The molecule has 2 amide bonds. The van der Waals surface area contributed by atoms with E-state index >= 15 is 0 Å². The van der Waals surface area contributed by atoms with E-state index in [1.54, 1.807) is 0 Å². The van der Waals surface area contributed by atoms with Crippen LogP contribution in [0.15, 0.2) is 59.7 Å². The minimum Gasteiger partial charge on any atom is -0.506 e. The summed E-state index contributed by atoms with van der Waals surface area (Å²) >= 11 is 5.83. The normalized spacial score (nSPS) is 10.7. The van der Waals surface area contributed by atoms with Gasteiger partial charge in [-0.1, -0.05) is 48.0 Å². The number of amides is 2. The molecule has 3 aromatic rings. The average Bonchev–Trinajstić information content (AvgIpc) is 2.77. The van der Waals surface area contributed by atoms with Gasteiger partial charge in [-0.3, -0.25) is 9.59 Å². The Labute approximate surface area is 184 Å². The summed E-state index contributed by atoms with van der Waals surface area (Å²) in [5.74, 6) is -0.721. The van der Waals surface area contributed by atoms with Crippen LogP contribution in [0.3, 0.4) is 0 Å². The van der Waals surface area contributed by atoms with E-state index < -0.39 is 5.91 Å². The summed E-state index contributed by atoms with van der Waals surface area (Å²) in [4.78, 5) is 24.3. The number of nitrogens with one attached hydrogen (secondary N) is 2. The molecule has 0 spiro atoms. The maximum atomic E-state index is 12.2. The number of hydrogen-bond donors (Lipinski definition) is 3. The summed E-state index contributed by atoms with van der Waals surface area (Å²) in [5, 5.41) is 26.6. The fraction of sp³-hybridized carbons (Fsp3) is 0.130. The van der Waals surface area contributed by atoms with Crippen molar-refractivity contribution in [3.8, 4) is 11.8 Å². The van der Waals surface area contributed by atoms with Crippen molar-refractivity contribution >= 4 is 40.4 Å². The number of aromatic hydroxyl groups is 1. The van der Waals surface area contributed by atoms with Crippen LogP contribution < -0.4 is 10.7 Å². The van der Waals surface area contributed by atoms with Crippen molar-refractivity contribution in [3.63, 3.8) is 0 Å². The third kappa shape index (κ3) is 5.59. The lowest BCUT2D eigenvalue weighted by Gasteiger charge is -2.09. The third-order valence-corrected chi connectivity index (χ3v) is 4.84. The molecule has 7 nitrogen and oxygen atoms in total. The highest BCUT2D eigenvalue weighted by Crippen LogP contribution is 2.24. The molecule has 0 atom stereocenters. The van der Waals surface area contributed by atoms with Crippen molar-refractivity contribution in [1.29, 1.82) is 5.26 Å². The molecule has 0 unspecified atom stereocenters. The summed E-state index contributed by atoms with van der Waals surface area (Å²) in [5.41, 5.74) is 4.32. The molecule has 0 aliphatic rings. The predicted octanol–water partition coefficient (Wildman–Crippen LogP) is 3.54. The molecular formula is C23H19ClN4O3. The molecule has 0 heterocycles. The van der Waals surface area contributed by atoms with Crippen LogP contribution in [0.1, 0.15) is 27.9 Å². The predicted molar refractivity (Wildman–Crippen MR) is 119 cm³/mol. The van der Waals surface area contributed by atoms with Crippen molar-refractivity contribution in [2.75, 3.05) is 6.54 Å². The highest BCUT2D eigenvalue weighted by atomic mass is 35.5. The Morgan fingerprint density at radius 2 is 1.90 bits per heavy atom. The number of benzene rings is 3. The van der Waals surface area contributed by atoms with Gasteiger partial charge in [0.05, 0.1) is 30.1 Å². The lowest BCUT2D eigenvalue weighted by atomic mass is 9.98. The second kappa shape index (κ2) is 10.2. The summed E-state index contributed by atoms with van der Waals surface area (Å²) in [6.07, 6.45) is 1.99. The first-order valence-electron chi connectivity index (χ1n) is 9.46. The van der Waals surface area contributed by atoms with E-state index in [1.807, 2.05) is 42.5 Å². The molecule has 0 bridgehead atoms. The zero-order valence-corrected chi connectivity index (χ0v) is 17.2. The number of rotatable bonds is 7. The molecule has 0 aliphatic carbocycles. The number of carbonyl (C=O) groups excluding carboxylic acids is 2. The van der Waals surface area contributed by atoms with E-state index in [4.69, 9.17) is 16.9 Å². The number of fused-ring (bicyclic) bond motifs is 1. The van der Waals surface area contributed by atoms with Crippen LogP contribution in [0.2, 0.25) is 5.02 Å². The smallest absolute Gasteiger partial charge is 0.271 e. The molecule has 0 saturated heterocycles. The SMILES string of the molecule is N#CCCNC(=O)Cc1ccc(/C=N/NC(=O)c2ccc(O)c(Cl)c2)c2ccccc12. The van der Waals surface area contributed by atoms with Gasteiger partial charge in [0.1, 0.15) is 5.75 Å². The van der Waals surface area contributed by atoms with Gasteiger partial charge in [-0.05, 0) is 34.5 Å². The number of nitrogens with zero attached hydrogens (tertiary/aromatic N) is 2. The average molecular weight is 435 g/mol. The Morgan fingerprint density at radius 1 is 1.13 bits per heavy atom. The number of phenolic OH excluding ortho intramolecular Hbond substituents is 1. The Hall–Kier alpha value is -3.89. The Bertz CT molecular complexity index is 1200. The van der Waals surface area contributed by atoms with Crippen LogP contribution in [0, 0.1) is 11.3 Å². The number of carbonyl (C=O) groups is 2. The van der Waals surface area contributed by atoms with Gasteiger partial charge in [-0.2, -0.15) is 10.4 Å². The number of nitriles is 1. The van der Waals surface area contributed by atoms with Gasteiger partial charge in [0, 0.05) is 17.7 Å². The highest BCUT2D eigenvalue weighted by Gasteiger charge is 2.10. The van der Waals surface area contributed by atoms with Crippen molar-refractivity contribution in [1.82, 2.24) is 10.7 Å². The van der Waals surface area contributed by atoms with Crippen molar-refractivity contribution in [3.05, 3.63) is 76.3 Å². The molecule has 0 fully saturated rings. The number of phenols is 1. The molecule has 3 N–H and O–H groups in total. The van der Waals surface area contributed by atoms with Crippen LogP contribution >= 0.6 is 11.6 Å². The fourth-order valence-electron chi connectivity index (χ4n) is 3.02. The van der Waals surface area contributed by atoms with Crippen molar-refractivity contribution < 1.29 is 14.7 Å². The van der Waals surface area contributed by atoms with Crippen molar-refractivity contribution in [2.45, 2.75) is 12.8 Å². The van der Waals surface area contributed by atoms with Crippen LogP contribution in [-0.2, 0) is 11.2 Å². The lowest BCUT2D eigenvalue weighted by molar-refractivity contribution is -0.120. The van der Waals surface area contributed by atoms with E-state index in [1.165, 1.54) is 24.4 Å². The molecule has 0 saturated carbocycles. The lowest BCUT2D eigenvalue weighted by Crippen LogP contribution is -2.25. The van der Waals surface area contributed by atoms with Crippen LogP contribution in [0.5, 0.6) is 5.75 Å². The minimum absolute atomic E-state index is 0.0786. The molecule has 0 radical (unpaired) electrons. The molecule has 0 aliphatic heterocycles. The van der Waals surface area contributed by atoms with Gasteiger partial charge in [0.15, 0.2) is 0 Å². The molecule has 0 aromatic heterocycles. The Kier molecular flexibility index (Phi) is 7.20. The van der Waals surface area contributed by atoms with E-state index in [0.717, 1.165) is 21.9 Å². The summed E-state index contributed by atoms with van der Waals surface area (Å²) < 4.78 is 0. The molecular weight excluding hydrogens is 416 g/mol. The van der Waals surface area contributed by atoms with Gasteiger partial charge in [0.25, 0.3) is 5.91 Å². The van der Waals surface area contributed by atoms with E-state index in [2.05, 4.69) is 15.8 Å². The quantitative estimate of drug-likeness (QED) is 0.299. The van der Waals surface area contributed by atoms with Crippen LogP contribution in [0.25, 0.3) is 10.8 Å². The van der Waals surface area contributed by atoms with E-state index in [9.17, 15) is 14.7 Å². The second-order valence-corrected chi connectivity index (χ2v) is 7.07. The number of halogens is 1.